The third-order valence-corrected chi connectivity index (χ3v) is 5.35. The van der Waals surface area contributed by atoms with E-state index in [-0.39, 0.29) is 5.91 Å². The van der Waals surface area contributed by atoms with Gasteiger partial charge in [-0.05, 0) is 62.1 Å². The molecule has 1 amide bonds. The molecule has 1 fully saturated rings. The van der Waals surface area contributed by atoms with E-state index in [1.165, 1.54) is 31.2 Å². The maximum atomic E-state index is 11.1. The van der Waals surface area contributed by atoms with E-state index in [9.17, 15) is 4.79 Å². The topological polar surface area (TPSA) is 55.1 Å². The van der Waals surface area contributed by atoms with Gasteiger partial charge in [-0.15, -0.1) is 0 Å². The Morgan fingerprint density at radius 3 is 2.60 bits per heavy atom. The Hall–Kier alpha value is -1.00. The Kier molecular flexibility index (Phi) is 5.49. The van der Waals surface area contributed by atoms with Crippen LogP contribution in [0.2, 0.25) is 0 Å². The lowest BCUT2D eigenvalue weighted by molar-refractivity contribution is 0.1000. The van der Waals surface area contributed by atoms with Crippen LogP contribution in [0.4, 0.5) is 0 Å². The molecule has 0 spiro atoms. The number of benzene rings is 1. The zero-order valence-corrected chi connectivity index (χ0v) is 13.1. The quantitative estimate of drug-likeness (QED) is 0.877. The molecule has 1 aromatic carbocycles. The highest BCUT2D eigenvalue weighted by atomic mass is 32.2. The van der Waals surface area contributed by atoms with Crippen LogP contribution in [-0.4, -0.2) is 23.5 Å². The molecule has 1 aliphatic rings. The number of rotatable bonds is 5. The van der Waals surface area contributed by atoms with Gasteiger partial charge in [0.25, 0.3) is 0 Å². The van der Waals surface area contributed by atoms with Crippen molar-refractivity contribution in [2.75, 3.05) is 6.26 Å². The summed E-state index contributed by atoms with van der Waals surface area (Å²) in [7, 11) is 0. The summed E-state index contributed by atoms with van der Waals surface area (Å²) in [6.07, 6.45) is 7.38. The molecule has 3 N–H and O–H groups in total. The van der Waals surface area contributed by atoms with E-state index in [1.54, 1.807) is 0 Å². The van der Waals surface area contributed by atoms with Gasteiger partial charge in [-0.2, -0.15) is 11.8 Å². The van der Waals surface area contributed by atoms with Gasteiger partial charge in [0, 0.05) is 23.4 Å². The summed E-state index contributed by atoms with van der Waals surface area (Å²) in [6.45, 7) is 2.91. The third kappa shape index (κ3) is 4.00. The van der Waals surface area contributed by atoms with Gasteiger partial charge < -0.3 is 11.1 Å². The predicted molar refractivity (Wildman–Crippen MR) is 86.1 cm³/mol. The van der Waals surface area contributed by atoms with Gasteiger partial charge in [0.2, 0.25) is 5.91 Å². The van der Waals surface area contributed by atoms with Crippen LogP contribution in [0.15, 0.2) is 18.2 Å². The number of hydrogen-bond acceptors (Lipinski definition) is 3. The molecule has 0 aliphatic heterocycles. The highest BCUT2D eigenvalue weighted by Crippen LogP contribution is 2.27. The summed E-state index contributed by atoms with van der Waals surface area (Å²) >= 11 is 2.00. The first kappa shape index (κ1) is 15.4. The van der Waals surface area contributed by atoms with Crippen LogP contribution in [0.1, 0.15) is 47.2 Å². The zero-order chi connectivity index (χ0) is 14.5. The van der Waals surface area contributed by atoms with E-state index in [4.69, 9.17) is 5.73 Å². The second-order valence-electron chi connectivity index (χ2n) is 5.60. The highest BCUT2D eigenvalue weighted by molar-refractivity contribution is 7.99. The van der Waals surface area contributed by atoms with Crippen molar-refractivity contribution in [1.29, 1.82) is 0 Å². The molecule has 3 nitrogen and oxygen atoms in total. The van der Waals surface area contributed by atoms with Crippen LogP contribution >= 0.6 is 11.8 Å². The number of hydrogen-bond donors (Lipinski definition) is 2. The lowest BCUT2D eigenvalue weighted by Gasteiger charge is -2.28. The van der Waals surface area contributed by atoms with Crippen molar-refractivity contribution in [2.45, 2.75) is 50.4 Å². The van der Waals surface area contributed by atoms with Crippen LogP contribution in [0, 0.1) is 6.92 Å². The zero-order valence-electron chi connectivity index (χ0n) is 12.3. The van der Waals surface area contributed by atoms with E-state index in [0.29, 0.717) is 11.6 Å². The van der Waals surface area contributed by atoms with Crippen molar-refractivity contribution in [3.05, 3.63) is 34.9 Å². The summed E-state index contributed by atoms with van der Waals surface area (Å²) in [6, 6.07) is 6.34. The van der Waals surface area contributed by atoms with Crippen LogP contribution in [0.5, 0.6) is 0 Å². The monoisotopic (exact) mass is 292 g/mol. The molecule has 0 atom stereocenters. The molecule has 4 heteroatoms. The van der Waals surface area contributed by atoms with E-state index in [1.807, 2.05) is 36.9 Å². The molecule has 2 rings (SSSR count). The average Bonchev–Trinajstić information content (AvgIpc) is 2.46. The largest absolute Gasteiger partial charge is 0.366 e. The molecule has 0 heterocycles. The standard InChI is InChI=1S/C16H24N2OS/c1-11-9-12(16(17)19)3-4-13(11)10-18-14-5-7-15(20-2)8-6-14/h3-4,9,14-15,18H,5-8,10H2,1-2H3,(H2,17,19). The van der Waals surface area contributed by atoms with Crippen molar-refractivity contribution in [2.24, 2.45) is 5.73 Å². The number of nitrogens with two attached hydrogens (primary N) is 1. The highest BCUT2D eigenvalue weighted by Gasteiger charge is 2.19. The fraction of sp³-hybridized carbons (Fsp3) is 0.562. The number of aryl methyl sites for hydroxylation is 1. The number of thioether (sulfide) groups is 1. The van der Waals surface area contributed by atoms with Crippen molar-refractivity contribution < 1.29 is 4.79 Å². The minimum atomic E-state index is -0.358. The lowest BCUT2D eigenvalue weighted by atomic mass is 9.94. The Morgan fingerprint density at radius 2 is 2.05 bits per heavy atom. The second-order valence-corrected chi connectivity index (χ2v) is 6.73. The van der Waals surface area contributed by atoms with Crippen LogP contribution < -0.4 is 11.1 Å². The third-order valence-electron chi connectivity index (χ3n) is 4.22. The van der Waals surface area contributed by atoms with Crippen molar-refractivity contribution in [3.63, 3.8) is 0 Å². The number of amides is 1. The Bertz CT molecular complexity index is 468. The normalized spacial score (nSPS) is 22.7. The summed E-state index contributed by atoms with van der Waals surface area (Å²) in [5.74, 6) is -0.358. The number of carbonyl (C=O) groups excluding carboxylic acids is 1. The first-order chi connectivity index (χ1) is 9.60. The molecular formula is C16H24N2OS. The fourth-order valence-corrected chi connectivity index (χ4v) is 3.55. The smallest absolute Gasteiger partial charge is 0.248 e. The Morgan fingerprint density at radius 1 is 1.35 bits per heavy atom. The fourth-order valence-electron chi connectivity index (χ4n) is 2.80. The Balaban J connectivity index is 1.87. The number of primary amides is 1. The van der Waals surface area contributed by atoms with Crippen LogP contribution in [0.3, 0.4) is 0 Å². The van der Waals surface area contributed by atoms with Gasteiger partial charge >= 0.3 is 0 Å². The average molecular weight is 292 g/mol. The van der Waals surface area contributed by atoms with Crippen LogP contribution in [-0.2, 0) is 6.54 Å². The molecule has 1 aromatic rings. The van der Waals surface area contributed by atoms with Crippen molar-refractivity contribution in [3.8, 4) is 0 Å². The maximum Gasteiger partial charge on any atom is 0.248 e. The van der Waals surface area contributed by atoms with Gasteiger partial charge in [0.05, 0.1) is 0 Å². The summed E-state index contributed by atoms with van der Waals surface area (Å²) in [4.78, 5) is 11.1. The van der Waals surface area contributed by atoms with E-state index < -0.39 is 0 Å². The van der Waals surface area contributed by atoms with Crippen molar-refractivity contribution >= 4 is 17.7 Å². The maximum absolute atomic E-state index is 11.1. The molecule has 0 aromatic heterocycles. The molecule has 0 saturated heterocycles. The van der Waals surface area contributed by atoms with Gasteiger partial charge in [-0.1, -0.05) is 6.07 Å². The summed E-state index contributed by atoms with van der Waals surface area (Å²) in [5.41, 5.74) is 8.27. The molecular weight excluding hydrogens is 268 g/mol. The summed E-state index contributed by atoms with van der Waals surface area (Å²) < 4.78 is 0. The van der Waals surface area contributed by atoms with E-state index >= 15 is 0 Å². The van der Waals surface area contributed by atoms with Crippen molar-refractivity contribution in [1.82, 2.24) is 5.32 Å². The first-order valence-corrected chi connectivity index (χ1v) is 8.54. The van der Waals surface area contributed by atoms with E-state index in [2.05, 4.69) is 11.6 Å². The van der Waals surface area contributed by atoms with Gasteiger partial charge in [-0.3, -0.25) is 4.79 Å². The first-order valence-electron chi connectivity index (χ1n) is 7.25. The number of nitrogens with one attached hydrogen (secondary N) is 1. The SMILES string of the molecule is CSC1CCC(NCc2ccc(C(N)=O)cc2C)CC1. The summed E-state index contributed by atoms with van der Waals surface area (Å²) in [5, 5.41) is 4.50. The van der Waals surface area contributed by atoms with Gasteiger partial charge in [0.1, 0.15) is 0 Å². The lowest BCUT2D eigenvalue weighted by Crippen LogP contribution is -2.33. The molecule has 20 heavy (non-hydrogen) atoms. The minimum Gasteiger partial charge on any atom is -0.366 e. The Labute approximate surface area is 125 Å². The minimum absolute atomic E-state index is 0.358. The molecule has 0 unspecified atom stereocenters. The second kappa shape index (κ2) is 7.14. The van der Waals surface area contributed by atoms with Gasteiger partial charge in [-0.25, -0.2) is 0 Å². The molecule has 1 saturated carbocycles. The molecule has 1 aliphatic carbocycles. The van der Waals surface area contributed by atoms with Crippen LogP contribution in [0.25, 0.3) is 0 Å². The van der Waals surface area contributed by atoms with Gasteiger partial charge in [0.15, 0.2) is 0 Å². The van der Waals surface area contributed by atoms with E-state index in [0.717, 1.165) is 17.4 Å². The molecule has 110 valence electrons. The molecule has 0 bridgehead atoms. The molecule has 0 radical (unpaired) electrons. The predicted octanol–water partition coefficient (Wildman–Crippen LogP) is 2.86. The number of carbonyl (C=O) groups is 1.